The van der Waals surface area contributed by atoms with Crippen molar-refractivity contribution in [3.63, 3.8) is 0 Å². The quantitative estimate of drug-likeness (QED) is 0.741. The van der Waals surface area contributed by atoms with Crippen molar-refractivity contribution in [2.75, 3.05) is 18.4 Å². The number of amides is 2. The molecule has 0 aliphatic carbocycles. The van der Waals surface area contributed by atoms with Crippen molar-refractivity contribution in [2.24, 2.45) is 0 Å². The van der Waals surface area contributed by atoms with E-state index in [4.69, 9.17) is 4.74 Å². The van der Waals surface area contributed by atoms with Gasteiger partial charge in [0.15, 0.2) is 0 Å². The molecule has 2 rings (SSSR count). The molecule has 2 amide bonds. The molecule has 144 valence electrons. The normalized spacial score (nSPS) is 11.6. The van der Waals surface area contributed by atoms with Crippen LogP contribution >= 0.6 is 0 Å². The van der Waals surface area contributed by atoms with Crippen LogP contribution in [0.1, 0.15) is 54.8 Å². The number of hydrogen-bond acceptors (Lipinski definition) is 3. The van der Waals surface area contributed by atoms with Crippen molar-refractivity contribution in [2.45, 2.75) is 40.2 Å². The van der Waals surface area contributed by atoms with Gasteiger partial charge in [-0.3, -0.25) is 9.59 Å². The highest BCUT2D eigenvalue weighted by atomic mass is 16.5. The van der Waals surface area contributed by atoms with Crippen LogP contribution in [0.2, 0.25) is 0 Å². The molecule has 27 heavy (non-hydrogen) atoms. The molecular weight excluding hydrogens is 340 g/mol. The minimum absolute atomic E-state index is 0.00484. The van der Waals surface area contributed by atoms with E-state index >= 15 is 0 Å². The lowest BCUT2D eigenvalue weighted by molar-refractivity contribution is 0.0773. The van der Waals surface area contributed by atoms with Crippen LogP contribution < -0.4 is 10.1 Å². The fraction of sp³-hybridized carbons (Fsp3) is 0.364. The second kappa shape index (κ2) is 9.76. The first kappa shape index (κ1) is 20.5. The van der Waals surface area contributed by atoms with E-state index in [-0.39, 0.29) is 17.9 Å². The van der Waals surface area contributed by atoms with Gasteiger partial charge in [0, 0.05) is 29.9 Å². The van der Waals surface area contributed by atoms with Crippen LogP contribution in [0.5, 0.6) is 5.75 Å². The van der Waals surface area contributed by atoms with Crippen molar-refractivity contribution in [1.82, 2.24) is 4.90 Å². The molecule has 1 N–H and O–H groups in total. The highest BCUT2D eigenvalue weighted by Gasteiger charge is 2.13. The van der Waals surface area contributed by atoms with E-state index < -0.39 is 0 Å². The van der Waals surface area contributed by atoms with Crippen molar-refractivity contribution >= 4 is 17.5 Å². The van der Waals surface area contributed by atoms with Crippen LogP contribution in [-0.2, 0) is 0 Å². The van der Waals surface area contributed by atoms with Gasteiger partial charge in [-0.1, -0.05) is 6.92 Å². The third kappa shape index (κ3) is 5.58. The number of hydrogen-bond donors (Lipinski definition) is 1. The molecule has 0 aliphatic heterocycles. The molecule has 0 aliphatic rings. The van der Waals surface area contributed by atoms with Crippen LogP contribution in [0.3, 0.4) is 0 Å². The fourth-order valence-electron chi connectivity index (χ4n) is 2.59. The SMILES string of the molecule is CCC(C)Oc1ccc(C(=O)Nc2ccc(C(=O)N(CC)CC)cc2)cc1. The maximum Gasteiger partial charge on any atom is 0.255 e. The van der Waals surface area contributed by atoms with Gasteiger partial charge in [0.2, 0.25) is 0 Å². The Balaban J connectivity index is 2.00. The third-order valence-corrected chi connectivity index (χ3v) is 4.47. The average molecular weight is 368 g/mol. The average Bonchev–Trinajstić information content (AvgIpc) is 2.69. The van der Waals surface area contributed by atoms with E-state index in [2.05, 4.69) is 12.2 Å². The Bertz CT molecular complexity index is 750. The van der Waals surface area contributed by atoms with Crippen molar-refractivity contribution in [3.05, 3.63) is 59.7 Å². The summed E-state index contributed by atoms with van der Waals surface area (Å²) in [6, 6.07) is 14.0. The molecule has 0 heterocycles. The molecule has 1 unspecified atom stereocenters. The van der Waals surface area contributed by atoms with Gasteiger partial charge in [-0.2, -0.15) is 0 Å². The topological polar surface area (TPSA) is 58.6 Å². The predicted molar refractivity (Wildman–Crippen MR) is 108 cm³/mol. The number of carbonyl (C=O) groups excluding carboxylic acids is 2. The number of nitrogens with zero attached hydrogens (tertiary/aromatic N) is 1. The van der Waals surface area contributed by atoms with Crippen LogP contribution in [0.25, 0.3) is 0 Å². The van der Waals surface area contributed by atoms with E-state index in [1.165, 1.54) is 0 Å². The summed E-state index contributed by atoms with van der Waals surface area (Å²) in [5, 5.41) is 2.85. The number of ether oxygens (including phenoxy) is 1. The molecule has 0 bridgehead atoms. The number of carbonyl (C=O) groups is 2. The van der Waals surface area contributed by atoms with E-state index in [1.807, 2.05) is 20.8 Å². The summed E-state index contributed by atoms with van der Waals surface area (Å²) in [6.45, 7) is 9.32. The Labute approximate surface area is 161 Å². The fourth-order valence-corrected chi connectivity index (χ4v) is 2.59. The molecule has 0 saturated carbocycles. The third-order valence-electron chi connectivity index (χ3n) is 4.47. The zero-order chi connectivity index (χ0) is 19.8. The maximum absolute atomic E-state index is 12.4. The minimum atomic E-state index is -0.201. The number of anilines is 1. The van der Waals surface area contributed by atoms with Crippen molar-refractivity contribution < 1.29 is 14.3 Å². The summed E-state index contributed by atoms with van der Waals surface area (Å²) in [6.07, 6.45) is 1.07. The van der Waals surface area contributed by atoms with Crippen molar-refractivity contribution in [1.29, 1.82) is 0 Å². The molecule has 0 spiro atoms. The van der Waals surface area contributed by atoms with Gasteiger partial charge in [0.1, 0.15) is 5.75 Å². The molecule has 0 aromatic heterocycles. The van der Waals surface area contributed by atoms with Gasteiger partial charge in [-0.15, -0.1) is 0 Å². The van der Waals surface area contributed by atoms with Crippen LogP contribution in [0.4, 0.5) is 5.69 Å². The van der Waals surface area contributed by atoms with Gasteiger partial charge in [-0.25, -0.2) is 0 Å². The zero-order valence-electron chi connectivity index (χ0n) is 16.5. The van der Waals surface area contributed by atoms with Gasteiger partial charge < -0.3 is 15.0 Å². The van der Waals surface area contributed by atoms with E-state index in [0.717, 1.165) is 12.2 Å². The largest absolute Gasteiger partial charge is 0.491 e. The second-order valence-electron chi connectivity index (χ2n) is 6.37. The minimum Gasteiger partial charge on any atom is -0.491 e. The first-order chi connectivity index (χ1) is 13.0. The van der Waals surface area contributed by atoms with E-state index in [1.54, 1.807) is 53.4 Å². The summed E-state index contributed by atoms with van der Waals surface area (Å²) in [5.74, 6) is 0.544. The highest BCUT2D eigenvalue weighted by Crippen LogP contribution is 2.17. The molecule has 5 heteroatoms. The lowest BCUT2D eigenvalue weighted by atomic mass is 10.1. The van der Waals surface area contributed by atoms with Gasteiger partial charge in [0.05, 0.1) is 6.10 Å². The number of benzene rings is 2. The van der Waals surface area contributed by atoms with Crippen LogP contribution in [0.15, 0.2) is 48.5 Å². The monoisotopic (exact) mass is 368 g/mol. The molecule has 2 aromatic carbocycles. The summed E-state index contributed by atoms with van der Waals surface area (Å²) in [7, 11) is 0. The summed E-state index contributed by atoms with van der Waals surface area (Å²) < 4.78 is 5.72. The van der Waals surface area contributed by atoms with E-state index in [9.17, 15) is 9.59 Å². The highest BCUT2D eigenvalue weighted by molar-refractivity contribution is 6.04. The molecule has 0 fully saturated rings. The lowest BCUT2D eigenvalue weighted by Gasteiger charge is -2.18. The maximum atomic E-state index is 12.4. The number of rotatable bonds is 8. The Morgan fingerprint density at radius 3 is 2.00 bits per heavy atom. The molecular formula is C22H28N2O3. The lowest BCUT2D eigenvalue weighted by Crippen LogP contribution is -2.30. The molecule has 2 aromatic rings. The standard InChI is InChI=1S/C22H28N2O3/c1-5-16(4)27-20-14-10-17(11-15-20)21(25)23-19-12-8-18(9-13-19)22(26)24(6-2)7-3/h8-16H,5-7H2,1-4H3,(H,23,25). The Morgan fingerprint density at radius 2 is 1.48 bits per heavy atom. The smallest absolute Gasteiger partial charge is 0.255 e. The van der Waals surface area contributed by atoms with Crippen LogP contribution in [0, 0.1) is 0 Å². The zero-order valence-corrected chi connectivity index (χ0v) is 16.5. The second-order valence-corrected chi connectivity index (χ2v) is 6.37. The van der Waals surface area contributed by atoms with Crippen molar-refractivity contribution in [3.8, 4) is 5.75 Å². The summed E-state index contributed by atoms with van der Waals surface area (Å²) in [4.78, 5) is 26.5. The van der Waals surface area contributed by atoms with Gasteiger partial charge >= 0.3 is 0 Å². The predicted octanol–water partition coefficient (Wildman–Crippen LogP) is 4.60. The van der Waals surface area contributed by atoms with E-state index in [0.29, 0.717) is 29.9 Å². The molecule has 0 saturated heterocycles. The first-order valence-corrected chi connectivity index (χ1v) is 9.45. The van der Waals surface area contributed by atoms with Crippen LogP contribution in [-0.4, -0.2) is 35.9 Å². The summed E-state index contributed by atoms with van der Waals surface area (Å²) in [5.41, 5.74) is 1.81. The number of nitrogens with one attached hydrogen (secondary N) is 1. The molecule has 5 nitrogen and oxygen atoms in total. The first-order valence-electron chi connectivity index (χ1n) is 9.45. The molecule has 0 radical (unpaired) electrons. The Morgan fingerprint density at radius 1 is 0.926 bits per heavy atom. The Hall–Kier alpha value is -2.82. The van der Waals surface area contributed by atoms with Gasteiger partial charge in [0.25, 0.3) is 11.8 Å². The summed E-state index contributed by atoms with van der Waals surface area (Å²) >= 11 is 0. The van der Waals surface area contributed by atoms with Gasteiger partial charge in [-0.05, 0) is 75.7 Å². The Kier molecular flexibility index (Phi) is 7.41. The molecule has 1 atom stereocenters.